The van der Waals surface area contributed by atoms with Crippen molar-refractivity contribution in [3.05, 3.63) is 90.0 Å². The van der Waals surface area contributed by atoms with Gasteiger partial charge in [-0.25, -0.2) is 13.9 Å². The van der Waals surface area contributed by atoms with Gasteiger partial charge in [0, 0.05) is 18.7 Å². The Bertz CT molecular complexity index is 1420. The number of alkyl halides is 3. The Morgan fingerprint density at radius 3 is 2.13 bits per heavy atom. The molecule has 0 spiro atoms. The van der Waals surface area contributed by atoms with Crippen molar-refractivity contribution in [3.8, 4) is 11.1 Å². The van der Waals surface area contributed by atoms with Crippen LogP contribution in [0.3, 0.4) is 0 Å². The number of sulfonamides is 1. The number of amides is 2. The molecule has 4 rings (SSSR count). The Kier molecular flexibility index (Phi) is 8.38. The summed E-state index contributed by atoms with van der Waals surface area (Å²) in [6, 6.07) is 17.3. The predicted molar refractivity (Wildman–Crippen MR) is 136 cm³/mol. The largest absolute Gasteiger partial charge is 0.416 e. The van der Waals surface area contributed by atoms with Gasteiger partial charge in [0.2, 0.25) is 10.0 Å². The molecule has 0 unspecified atom stereocenters. The van der Waals surface area contributed by atoms with Crippen molar-refractivity contribution in [1.82, 2.24) is 15.1 Å². The van der Waals surface area contributed by atoms with E-state index in [2.05, 4.69) is 4.72 Å². The highest BCUT2D eigenvalue weighted by molar-refractivity contribution is 7.89. The molecule has 1 aliphatic heterocycles. The van der Waals surface area contributed by atoms with E-state index in [-0.39, 0.29) is 16.4 Å². The molecule has 0 aliphatic carbocycles. The van der Waals surface area contributed by atoms with Gasteiger partial charge in [-0.05, 0) is 66.3 Å². The molecular formula is C27H26F3N3O5S. The number of hydroxylamine groups is 1. The first kappa shape index (κ1) is 28.3. The normalized spacial score (nSPS) is 15.5. The summed E-state index contributed by atoms with van der Waals surface area (Å²) in [6.45, 7) is 0.585. The molecular weight excluding hydrogens is 535 g/mol. The molecule has 39 heavy (non-hydrogen) atoms. The molecule has 3 aromatic carbocycles. The Hall–Kier alpha value is -3.74. The minimum absolute atomic E-state index is 0.168. The summed E-state index contributed by atoms with van der Waals surface area (Å²) in [4.78, 5) is 26.6. The van der Waals surface area contributed by atoms with Crippen LogP contribution in [-0.4, -0.2) is 49.5 Å². The Labute approximate surface area is 223 Å². The van der Waals surface area contributed by atoms with Crippen LogP contribution in [0, 0.1) is 5.92 Å². The van der Waals surface area contributed by atoms with E-state index in [1.165, 1.54) is 41.9 Å². The zero-order valence-electron chi connectivity index (χ0n) is 20.6. The van der Waals surface area contributed by atoms with Gasteiger partial charge in [-0.3, -0.25) is 14.8 Å². The van der Waals surface area contributed by atoms with E-state index in [1.54, 1.807) is 35.2 Å². The second-order valence-electron chi connectivity index (χ2n) is 9.17. The lowest BCUT2D eigenvalue weighted by molar-refractivity contribution is -0.137. The van der Waals surface area contributed by atoms with Gasteiger partial charge in [0.15, 0.2) is 0 Å². The first-order valence-electron chi connectivity index (χ1n) is 12.1. The van der Waals surface area contributed by atoms with E-state index >= 15 is 0 Å². The van der Waals surface area contributed by atoms with E-state index < -0.39 is 39.6 Å². The molecule has 3 N–H and O–H groups in total. The van der Waals surface area contributed by atoms with Crippen LogP contribution in [0.5, 0.6) is 0 Å². The number of hydrogen-bond acceptors (Lipinski definition) is 5. The first-order valence-corrected chi connectivity index (χ1v) is 13.6. The fourth-order valence-electron chi connectivity index (χ4n) is 4.57. The SMILES string of the molecule is O=C(NO)[C@H](NS(=O)(=O)c1ccc(-c2cccc(C(F)(F)F)c2)cc1)C1CCN(C(=O)c2ccccc2)CC1. The van der Waals surface area contributed by atoms with Gasteiger partial charge in [-0.1, -0.05) is 42.5 Å². The van der Waals surface area contributed by atoms with Gasteiger partial charge in [-0.2, -0.15) is 17.9 Å². The number of halogens is 3. The molecule has 2 amide bonds. The van der Waals surface area contributed by atoms with Crippen LogP contribution >= 0.6 is 0 Å². The van der Waals surface area contributed by atoms with Crippen molar-refractivity contribution in [1.29, 1.82) is 0 Å². The molecule has 1 atom stereocenters. The smallest absolute Gasteiger partial charge is 0.339 e. The maximum Gasteiger partial charge on any atom is 0.416 e. The number of hydrogen-bond donors (Lipinski definition) is 3. The van der Waals surface area contributed by atoms with E-state index in [0.717, 1.165) is 12.1 Å². The summed E-state index contributed by atoms with van der Waals surface area (Å²) < 4.78 is 67.7. The monoisotopic (exact) mass is 561 g/mol. The number of nitrogens with zero attached hydrogens (tertiary/aromatic N) is 1. The van der Waals surface area contributed by atoms with Crippen LogP contribution in [0.4, 0.5) is 13.2 Å². The van der Waals surface area contributed by atoms with Gasteiger partial charge in [-0.15, -0.1) is 0 Å². The average Bonchev–Trinajstić information content (AvgIpc) is 2.95. The number of benzene rings is 3. The average molecular weight is 562 g/mol. The molecule has 1 aliphatic rings. The molecule has 3 aromatic rings. The molecule has 1 fully saturated rings. The van der Waals surface area contributed by atoms with Gasteiger partial charge in [0.25, 0.3) is 11.8 Å². The molecule has 12 heteroatoms. The van der Waals surface area contributed by atoms with E-state index in [0.29, 0.717) is 37.1 Å². The third-order valence-corrected chi connectivity index (χ3v) is 8.14. The third kappa shape index (κ3) is 6.64. The summed E-state index contributed by atoms with van der Waals surface area (Å²) in [5, 5.41) is 9.26. The molecule has 1 saturated heterocycles. The highest BCUT2D eigenvalue weighted by Crippen LogP contribution is 2.32. The number of likely N-dealkylation sites (tertiary alicyclic amines) is 1. The van der Waals surface area contributed by atoms with Crippen LogP contribution in [0.1, 0.15) is 28.8 Å². The molecule has 1 heterocycles. The van der Waals surface area contributed by atoms with Gasteiger partial charge < -0.3 is 4.90 Å². The fourth-order valence-corrected chi connectivity index (χ4v) is 5.83. The number of carbonyl (C=O) groups excluding carboxylic acids is 2. The first-order chi connectivity index (χ1) is 18.5. The van der Waals surface area contributed by atoms with E-state index in [4.69, 9.17) is 0 Å². The summed E-state index contributed by atoms with van der Waals surface area (Å²) in [6.07, 6.45) is -3.89. The van der Waals surface area contributed by atoms with Crippen LogP contribution in [0.2, 0.25) is 0 Å². The quantitative estimate of drug-likeness (QED) is 0.297. The zero-order chi connectivity index (χ0) is 28.2. The van der Waals surface area contributed by atoms with Crippen molar-refractivity contribution in [2.24, 2.45) is 5.92 Å². The Morgan fingerprint density at radius 2 is 1.54 bits per heavy atom. The van der Waals surface area contributed by atoms with Crippen LogP contribution in [-0.2, 0) is 21.0 Å². The summed E-state index contributed by atoms with van der Waals surface area (Å²) in [7, 11) is -4.25. The van der Waals surface area contributed by atoms with Crippen molar-refractivity contribution in [3.63, 3.8) is 0 Å². The van der Waals surface area contributed by atoms with Crippen molar-refractivity contribution in [2.75, 3.05) is 13.1 Å². The highest BCUT2D eigenvalue weighted by atomic mass is 32.2. The predicted octanol–water partition coefficient (Wildman–Crippen LogP) is 4.08. The molecule has 0 aromatic heterocycles. The van der Waals surface area contributed by atoms with Crippen molar-refractivity contribution in [2.45, 2.75) is 30.0 Å². The molecule has 0 saturated carbocycles. The van der Waals surface area contributed by atoms with Crippen LogP contribution in [0.25, 0.3) is 11.1 Å². The number of rotatable bonds is 7. The molecule has 206 valence electrons. The lowest BCUT2D eigenvalue weighted by atomic mass is 9.89. The Morgan fingerprint density at radius 1 is 0.897 bits per heavy atom. The van der Waals surface area contributed by atoms with Crippen LogP contribution in [0.15, 0.2) is 83.8 Å². The summed E-state index contributed by atoms with van der Waals surface area (Å²) in [5.74, 6) is -1.61. The topological polar surface area (TPSA) is 116 Å². The van der Waals surface area contributed by atoms with E-state index in [1.807, 2.05) is 0 Å². The lowest BCUT2D eigenvalue weighted by Crippen LogP contribution is -2.53. The van der Waals surface area contributed by atoms with Gasteiger partial charge in [0.05, 0.1) is 10.5 Å². The zero-order valence-corrected chi connectivity index (χ0v) is 21.4. The number of nitrogens with one attached hydrogen (secondary N) is 2. The molecule has 0 bridgehead atoms. The van der Waals surface area contributed by atoms with E-state index in [9.17, 15) is 36.4 Å². The van der Waals surface area contributed by atoms with Crippen molar-refractivity contribution >= 4 is 21.8 Å². The third-order valence-electron chi connectivity index (χ3n) is 6.68. The Balaban J connectivity index is 1.47. The number of carbonyl (C=O) groups is 2. The van der Waals surface area contributed by atoms with Gasteiger partial charge >= 0.3 is 6.18 Å². The molecule has 8 nitrogen and oxygen atoms in total. The summed E-state index contributed by atoms with van der Waals surface area (Å²) >= 11 is 0. The molecule has 0 radical (unpaired) electrons. The fraction of sp³-hybridized carbons (Fsp3) is 0.259. The minimum atomic E-state index is -4.52. The van der Waals surface area contributed by atoms with Crippen molar-refractivity contribution < 1.29 is 36.4 Å². The maximum atomic E-state index is 13.1. The highest BCUT2D eigenvalue weighted by Gasteiger charge is 2.36. The second kappa shape index (κ2) is 11.6. The summed E-state index contributed by atoms with van der Waals surface area (Å²) in [5.41, 5.74) is 1.84. The number of piperidine rings is 1. The minimum Gasteiger partial charge on any atom is -0.339 e. The van der Waals surface area contributed by atoms with Gasteiger partial charge in [0.1, 0.15) is 6.04 Å². The van der Waals surface area contributed by atoms with Crippen LogP contribution < -0.4 is 10.2 Å². The second-order valence-corrected chi connectivity index (χ2v) is 10.9. The lowest BCUT2D eigenvalue weighted by Gasteiger charge is -2.35. The maximum absolute atomic E-state index is 13.1. The standard InChI is InChI=1S/C27H26F3N3O5S/c28-27(29,30)22-8-4-7-21(17-22)18-9-11-23(12-10-18)39(37,38)32-24(25(34)31-36)19-13-15-33(16-14-19)26(35)20-5-2-1-3-6-20/h1-12,17,19,24,32,36H,13-16H2,(H,31,34)/t24-/m1/s1.